The summed E-state index contributed by atoms with van der Waals surface area (Å²) in [6, 6.07) is -0.423. The summed E-state index contributed by atoms with van der Waals surface area (Å²) in [4.78, 5) is 35.8. The Morgan fingerprint density at radius 3 is 2.28 bits per heavy atom. The highest BCUT2D eigenvalue weighted by Crippen LogP contribution is 2.13. The van der Waals surface area contributed by atoms with E-state index in [1.54, 1.807) is 6.92 Å². The molecule has 0 radical (unpaired) electrons. The molecule has 0 saturated carbocycles. The van der Waals surface area contributed by atoms with Crippen LogP contribution in [0.2, 0.25) is 0 Å². The van der Waals surface area contributed by atoms with Crippen LogP contribution in [0.5, 0.6) is 0 Å². The smallest absolute Gasteiger partial charge is 0.253 e. The molecule has 1 atom stereocenters. The van der Waals surface area contributed by atoms with Crippen LogP contribution in [0.15, 0.2) is 12.2 Å². The molecule has 1 aliphatic rings. The van der Waals surface area contributed by atoms with E-state index in [2.05, 4.69) is 5.32 Å². The molecule has 18 heavy (non-hydrogen) atoms. The Bertz CT molecular complexity index is 381. The molecule has 1 rings (SSSR count). The molecule has 1 N–H and O–H groups in total. The second kappa shape index (κ2) is 5.33. The average molecular weight is 252 g/mol. The Morgan fingerprint density at radius 1 is 1.33 bits per heavy atom. The van der Waals surface area contributed by atoms with Crippen molar-refractivity contribution >= 4 is 17.7 Å². The highest BCUT2D eigenvalue weighted by atomic mass is 16.2. The summed E-state index contributed by atoms with van der Waals surface area (Å²) in [5, 5.41) is 2.88. The quantitative estimate of drug-likeness (QED) is 0.742. The zero-order chi connectivity index (χ0) is 13.9. The molecule has 0 bridgehead atoms. The maximum atomic E-state index is 11.8. The second-order valence-corrected chi connectivity index (χ2v) is 5.22. The molecule has 1 unspecified atom stereocenters. The number of rotatable bonds is 5. The highest BCUT2D eigenvalue weighted by Gasteiger charge is 2.30. The molecule has 5 nitrogen and oxygen atoms in total. The number of hydrogen-bond donors (Lipinski definition) is 1. The normalized spacial score (nSPS) is 17.2. The fourth-order valence-corrected chi connectivity index (χ4v) is 1.72. The predicted octanol–water partition coefficient (Wildman–Crippen LogP) is 0.995. The first-order valence-electron chi connectivity index (χ1n) is 6.13. The monoisotopic (exact) mass is 252 g/mol. The van der Waals surface area contributed by atoms with Crippen molar-refractivity contribution in [2.24, 2.45) is 0 Å². The Kier molecular flexibility index (Phi) is 4.27. The molecule has 0 spiro atoms. The van der Waals surface area contributed by atoms with Crippen LogP contribution in [-0.4, -0.2) is 34.2 Å². The van der Waals surface area contributed by atoms with Gasteiger partial charge < -0.3 is 5.32 Å². The molecule has 0 aromatic heterocycles. The van der Waals surface area contributed by atoms with Crippen molar-refractivity contribution in [3.8, 4) is 0 Å². The molecule has 0 aliphatic carbocycles. The van der Waals surface area contributed by atoms with Crippen molar-refractivity contribution in [3.63, 3.8) is 0 Å². The van der Waals surface area contributed by atoms with E-state index < -0.39 is 6.04 Å². The number of nitrogens with one attached hydrogen (secondary N) is 1. The Hall–Kier alpha value is -1.65. The SMILES string of the molecule is CCC(C)(C)NC(=O)CC(C)N1C(=O)C=CC1=O. The topological polar surface area (TPSA) is 66.5 Å². The van der Waals surface area contributed by atoms with Crippen molar-refractivity contribution in [1.29, 1.82) is 0 Å². The van der Waals surface area contributed by atoms with Gasteiger partial charge >= 0.3 is 0 Å². The molecule has 100 valence electrons. The summed E-state index contributed by atoms with van der Waals surface area (Å²) in [6.45, 7) is 7.55. The largest absolute Gasteiger partial charge is 0.351 e. The van der Waals surface area contributed by atoms with Crippen LogP contribution in [-0.2, 0) is 14.4 Å². The standard InChI is InChI=1S/C13H20N2O3/c1-5-13(3,4)14-10(16)8-9(2)15-11(17)6-7-12(15)18/h6-7,9H,5,8H2,1-4H3,(H,14,16). The van der Waals surface area contributed by atoms with Gasteiger partial charge in [0.1, 0.15) is 0 Å². The van der Waals surface area contributed by atoms with Gasteiger partial charge in [0.2, 0.25) is 5.91 Å². The van der Waals surface area contributed by atoms with E-state index >= 15 is 0 Å². The van der Waals surface area contributed by atoms with Gasteiger partial charge in [-0.15, -0.1) is 0 Å². The van der Waals surface area contributed by atoms with E-state index in [1.807, 2.05) is 20.8 Å². The van der Waals surface area contributed by atoms with Gasteiger partial charge in [-0.25, -0.2) is 0 Å². The van der Waals surface area contributed by atoms with Gasteiger partial charge in [0, 0.05) is 30.2 Å². The predicted molar refractivity (Wildman–Crippen MR) is 67.6 cm³/mol. The molecule has 0 saturated heterocycles. The molecule has 5 heteroatoms. The summed E-state index contributed by atoms with van der Waals surface area (Å²) in [6.07, 6.45) is 3.40. The number of imide groups is 1. The number of carbonyl (C=O) groups is 3. The van der Waals surface area contributed by atoms with Gasteiger partial charge in [-0.2, -0.15) is 0 Å². The zero-order valence-electron chi connectivity index (χ0n) is 11.3. The van der Waals surface area contributed by atoms with Gasteiger partial charge in [0.25, 0.3) is 11.8 Å². The lowest BCUT2D eigenvalue weighted by Crippen LogP contribution is -2.46. The zero-order valence-corrected chi connectivity index (χ0v) is 11.3. The Morgan fingerprint density at radius 2 is 1.83 bits per heavy atom. The van der Waals surface area contributed by atoms with E-state index in [9.17, 15) is 14.4 Å². The van der Waals surface area contributed by atoms with Crippen LogP contribution in [0.3, 0.4) is 0 Å². The van der Waals surface area contributed by atoms with E-state index in [1.165, 1.54) is 12.2 Å². The van der Waals surface area contributed by atoms with Crippen LogP contribution in [0.1, 0.15) is 40.5 Å². The first-order valence-corrected chi connectivity index (χ1v) is 6.13. The summed E-state index contributed by atoms with van der Waals surface area (Å²) < 4.78 is 0. The van der Waals surface area contributed by atoms with Crippen LogP contribution >= 0.6 is 0 Å². The summed E-state index contributed by atoms with van der Waals surface area (Å²) in [7, 11) is 0. The van der Waals surface area contributed by atoms with Crippen LogP contribution in [0.25, 0.3) is 0 Å². The molecule has 1 heterocycles. The number of hydrogen-bond acceptors (Lipinski definition) is 3. The van der Waals surface area contributed by atoms with Gasteiger partial charge in [-0.3, -0.25) is 19.3 Å². The minimum Gasteiger partial charge on any atom is -0.351 e. The fourth-order valence-electron chi connectivity index (χ4n) is 1.72. The molecule has 1 aliphatic heterocycles. The minimum atomic E-state index is -0.423. The van der Waals surface area contributed by atoms with Crippen LogP contribution < -0.4 is 5.32 Å². The summed E-state index contributed by atoms with van der Waals surface area (Å²) in [5.41, 5.74) is -0.270. The molecule has 0 aromatic carbocycles. The minimum absolute atomic E-state index is 0.128. The Balaban J connectivity index is 2.55. The fraction of sp³-hybridized carbons (Fsp3) is 0.615. The Labute approximate surface area is 107 Å². The van der Waals surface area contributed by atoms with E-state index in [0.717, 1.165) is 11.3 Å². The van der Waals surface area contributed by atoms with Gasteiger partial charge in [-0.05, 0) is 27.2 Å². The summed E-state index contributed by atoms with van der Waals surface area (Å²) >= 11 is 0. The highest BCUT2D eigenvalue weighted by molar-refractivity contribution is 6.13. The third kappa shape index (κ3) is 3.42. The van der Waals surface area contributed by atoms with Crippen molar-refractivity contribution < 1.29 is 14.4 Å². The van der Waals surface area contributed by atoms with Crippen molar-refractivity contribution in [2.75, 3.05) is 0 Å². The number of nitrogens with zero attached hydrogens (tertiary/aromatic N) is 1. The molecule has 3 amide bonds. The lowest BCUT2D eigenvalue weighted by molar-refractivity contribution is -0.139. The molecule has 0 aromatic rings. The number of amides is 3. The van der Waals surface area contributed by atoms with E-state index in [0.29, 0.717) is 0 Å². The van der Waals surface area contributed by atoms with Crippen molar-refractivity contribution in [3.05, 3.63) is 12.2 Å². The molecular formula is C13H20N2O3. The van der Waals surface area contributed by atoms with Crippen molar-refractivity contribution in [1.82, 2.24) is 10.2 Å². The van der Waals surface area contributed by atoms with E-state index in [4.69, 9.17) is 0 Å². The average Bonchev–Trinajstić information content (AvgIpc) is 2.57. The first kappa shape index (κ1) is 14.4. The maximum Gasteiger partial charge on any atom is 0.253 e. The van der Waals surface area contributed by atoms with Crippen molar-refractivity contribution in [2.45, 2.75) is 52.1 Å². The van der Waals surface area contributed by atoms with Gasteiger partial charge in [-0.1, -0.05) is 6.92 Å². The lowest BCUT2D eigenvalue weighted by atomic mass is 10.0. The van der Waals surface area contributed by atoms with Gasteiger partial charge in [0.15, 0.2) is 0 Å². The second-order valence-electron chi connectivity index (χ2n) is 5.22. The van der Waals surface area contributed by atoms with Gasteiger partial charge in [0.05, 0.1) is 0 Å². The number of carbonyl (C=O) groups excluding carboxylic acids is 3. The molecule has 0 fully saturated rings. The molecular weight excluding hydrogens is 232 g/mol. The third-order valence-electron chi connectivity index (χ3n) is 3.13. The van der Waals surface area contributed by atoms with Crippen LogP contribution in [0.4, 0.5) is 0 Å². The lowest BCUT2D eigenvalue weighted by Gasteiger charge is -2.27. The third-order valence-corrected chi connectivity index (χ3v) is 3.13. The maximum absolute atomic E-state index is 11.8. The van der Waals surface area contributed by atoms with Crippen LogP contribution in [0, 0.1) is 0 Å². The van der Waals surface area contributed by atoms with E-state index in [-0.39, 0.29) is 29.7 Å². The first-order chi connectivity index (χ1) is 8.26. The summed E-state index contributed by atoms with van der Waals surface area (Å²) in [5.74, 6) is -0.855.